The zero-order valence-corrected chi connectivity index (χ0v) is 19.9. The first kappa shape index (κ1) is 23.1. The summed E-state index contributed by atoms with van der Waals surface area (Å²) in [6, 6.07) is 25.8. The minimum Gasteiger partial charge on any atom is -0.395 e. The Balaban J connectivity index is 1.37. The third kappa shape index (κ3) is 4.37. The second-order valence-corrected chi connectivity index (χ2v) is 9.52. The van der Waals surface area contributed by atoms with Gasteiger partial charge in [0.25, 0.3) is 0 Å². The molecule has 0 aliphatic carbocycles. The zero-order chi connectivity index (χ0) is 23.5. The molecule has 5 nitrogen and oxygen atoms in total. The first-order valence-electron chi connectivity index (χ1n) is 11.9. The summed E-state index contributed by atoms with van der Waals surface area (Å²) in [5.41, 5.74) is 2.72. The molecule has 1 saturated heterocycles. The number of likely N-dealkylation sites (tertiary alicyclic amines) is 1. The molecule has 2 heterocycles. The maximum absolute atomic E-state index is 12.1. The van der Waals surface area contributed by atoms with E-state index in [1.807, 2.05) is 78.9 Å². The highest BCUT2D eigenvalue weighted by atomic mass is 35.5. The monoisotopic (exact) mass is 475 g/mol. The van der Waals surface area contributed by atoms with E-state index in [4.69, 9.17) is 16.6 Å². The molecule has 5 rings (SSSR count). The van der Waals surface area contributed by atoms with Gasteiger partial charge in [0.1, 0.15) is 11.4 Å². The molecular weight excluding hydrogens is 446 g/mol. The Hall–Kier alpha value is -2.70. The molecule has 1 fully saturated rings. The number of fused-ring (bicyclic) bond motifs is 1. The zero-order valence-electron chi connectivity index (χ0n) is 19.1. The van der Waals surface area contributed by atoms with Crippen LogP contribution in [0.3, 0.4) is 0 Å². The van der Waals surface area contributed by atoms with Gasteiger partial charge >= 0.3 is 0 Å². The molecule has 1 aromatic heterocycles. The van der Waals surface area contributed by atoms with Gasteiger partial charge in [-0.2, -0.15) is 0 Å². The number of hydrogen-bond donors (Lipinski definition) is 2. The lowest BCUT2D eigenvalue weighted by molar-refractivity contribution is -0.0156. The van der Waals surface area contributed by atoms with Crippen LogP contribution in [-0.4, -0.2) is 44.4 Å². The Morgan fingerprint density at radius 1 is 0.912 bits per heavy atom. The highest BCUT2D eigenvalue weighted by molar-refractivity contribution is 6.31. The Morgan fingerprint density at radius 3 is 2.12 bits per heavy atom. The van der Waals surface area contributed by atoms with Crippen molar-refractivity contribution < 1.29 is 10.2 Å². The van der Waals surface area contributed by atoms with Crippen LogP contribution in [0.5, 0.6) is 0 Å². The molecule has 0 bridgehead atoms. The van der Waals surface area contributed by atoms with Crippen molar-refractivity contribution in [3.05, 3.63) is 101 Å². The summed E-state index contributed by atoms with van der Waals surface area (Å²) in [5, 5.41) is 22.4. The molecule has 176 valence electrons. The van der Waals surface area contributed by atoms with E-state index in [1.165, 1.54) is 0 Å². The number of halogens is 1. The second-order valence-electron chi connectivity index (χ2n) is 9.09. The summed E-state index contributed by atoms with van der Waals surface area (Å²) >= 11 is 6.21. The van der Waals surface area contributed by atoms with Crippen LogP contribution in [0, 0.1) is 5.92 Å². The van der Waals surface area contributed by atoms with Crippen LogP contribution in [-0.2, 0) is 18.7 Å². The molecule has 1 aliphatic heterocycles. The molecular formula is C28H30ClN3O2. The van der Waals surface area contributed by atoms with Crippen LogP contribution < -0.4 is 0 Å². The summed E-state index contributed by atoms with van der Waals surface area (Å²) < 4.78 is 2.07. The molecule has 0 unspecified atom stereocenters. The molecule has 0 atom stereocenters. The Labute approximate surface area is 205 Å². The van der Waals surface area contributed by atoms with E-state index in [9.17, 15) is 10.2 Å². The number of benzene rings is 3. The van der Waals surface area contributed by atoms with E-state index in [0.717, 1.165) is 53.9 Å². The Bertz CT molecular complexity index is 1200. The van der Waals surface area contributed by atoms with Crippen LogP contribution in [0.4, 0.5) is 0 Å². The lowest BCUT2D eigenvalue weighted by Gasteiger charge is -2.42. The average Bonchev–Trinajstić information content (AvgIpc) is 3.21. The number of imidazole rings is 1. The van der Waals surface area contributed by atoms with Crippen molar-refractivity contribution in [3.8, 4) is 0 Å². The van der Waals surface area contributed by atoms with Gasteiger partial charge in [-0.15, -0.1) is 0 Å². The van der Waals surface area contributed by atoms with Crippen molar-refractivity contribution in [2.75, 3.05) is 19.7 Å². The van der Waals surface area contributed by atoms with Gasteiger partial charge < -0.3 is 14.8 Å². The van der Waals surface area contributed by atoms with Crippen molar-refractivity contribution in [1.82, 2.24) is 14.5 Å². The van der Waals surface area contributed by atoms with Crippen molar-refractivity contribution in [2.45, 2.75) is 31.5 Å². The molecule has 0 saturated carbocycles. The van der Waals surface area contributed by atoms with Gasteiger partial charge in [0, 0.05) is 11.6 Å². The normalized spacial score (nSPS) is 15.7. The van der Waals surface area contributed by atoms with Gasteiger partial charge in [-0.3, -0.25) is 4.90 Å². The van der Waals surface area contributed by atoms with Crippen LogP contribution >= 0.6 is 11.6 Å². The molecule has 1 aliphatic rings. The minimum absolute atomic E-state index is 0.0498. The van der Waals surface area contributed by atoms with Gasteiger partial charge in [0.2, 0.25) is 0 Å². The fourth-order valence-corrected chi connectivity index (χ4v) is 5.51. The largest absolute Gasteiger partial charge is 0.395 e. The van der Waals surface area contributed by atoms with Crippen molar-refractivity contribution in [3.63, 3.8) is 0 Å². The fourth-order valence-electron chi connectivity index (χ4n) is 5.35. The number of piperidine rings is 1. The second kappa shape index (κ2) is 9.88. The standard InChI is InChI=1S/C28H30ClN3O2/c29-24-11-12-25-26(19-24)32(17-18-33)27(30-25)20-31-15-13-23(14-16-31)28(34,21-7-3-1-4-8-21)22-9-5-2-6-10-22/h1-12,19,23,33-34H,13-18,20H2. The summed E-state index contributed by atoms with van der Waals surface area (Å²) in [4.78, 5) is 7.22. The van der Waals surface area contributed by atoms with E-state index < -0.39 is 5.60 Å². The highest BCUT2D eigenvalue weighted by Gasteiger charge is 2.41. The topological polar surface area (TPSA) is 61.5 Å². The summed E-state index contributed by atoms with van der Waals surface area (Å²) in [6.07, 6.45) is 1.76. The number of nitrogens with zero attached hydrogens (tertiary/aromatic N) is 3. The van der Waals surface area contributed by atoms with Crippen LogP contribution in [0.2, 0.25) is 5.02 Å². The summed E-state index contributed by atoms with van der Waals surface area (Å²) in [5.74, 6) is 1.05. The molecule has 6 heteroatoms. The van der Waals surface area contributed by atoms with Crippen LogP contribution in [0.15, 0.2) is 78.9 Å². The average molecular weight is 476 g/mol. The van der Waals surface area contributed by atoms with Crippen molar-refractivity contribution >= 4 is 22.6 Å². The molecule has 4 aromatic rings. The van der Waals surface area contributed by atoms with Crippen LogP contribution in [0.1, 0.15) is 29.8 Å². The summed E-state index contributed by atoms with van der Waals surface area (Å²) in [6.45, 7) is 2.98. The lowest BCUT2D eigenvalue weighted by atomic mass is 9.72. The number of aliphatic hydroxyl groups is 2. The molecule has 3 aromatic carbocycles. The molecule has 0 spiro atoms. The van der Waals surface area contributed by atoms with Crippen molar-refractivity contribution in [2.24, 2.45) is 5.92 Å². The van der Waals surface area contributed by atoms with E-state index in [-0.39, 0.29) is 12.5 Å². The SMILES string of the molecule is OCCn1c(CN2CCC(C(O)(c3ccccc3)c3ccccc3)CC2)nc2ccc(Cl)cc21. The van der Waals surface area contributed by atoms with Crippen molar-refractivity contribution in [1.29, 1.82) is 0 Å². The first-order chi connectivity index (χ1) is 16.6. The number of aromatic nitrogens is 2. The van der Waals surface area contributed by atoms with Gasteiger partial charge in [-0.1, -0.05) is 72.3 Å². The Morgan fingerprint density at radius 2 is 1.53 bits per heavy atom. The third-order valence-corrected chi connectivity index (χ3v) is 7.32. The fraction of sp³-hybridized carbons (Fsp3) is 0.321. The molecule has 2 N–H and O–H groups in total. The first-order valence-corrected chi connectivity index (χ1v) is 12.3. The van der Waals surface area contributed by atoms with Gasteiger partial charge in [-0.25, -0.2) is 4.98 Å². The maximum Gasteiger partial charge on any atom is 0.124 e. The van der Waals surface area contributed by atoms with E-state index >= 15 is 0 Å². The van der Waals surface area contributed by atoms with Gasteiger partial charge in [0.05, 0.1) is 24.2 Å². The predicted molar refractivity (Wildman–Crippen MR) is 136 cm³/mol. The lowest BCUT2D eigenvalue weighted by Crippen LogP contribution is -2.44. The summed E-state index contributed by atoms with van der Waals surface area (Å²) in [7, 11) is 0. The molecule has 34 heavy (non-hydrogen) atoms. The van der Waals surface area contributed by atoms with E-state index in [1.54, 1.807) is 0 Å². The number of hydrogen-bond acceptors (Lipinski definition) is 4. The highest BCUT2D eigenvalue weighted by Crippen LogP contribution is 2.42. The number of aliphatic hydroxyl groups excluding tert-OH is 1. The van der Waals surface area contributed by atoms with Gasteiger partial charge in [0.15, 0.2) is 0 Å². The van der Waals surface area contributed by atoms with E-state index in [0.29, 0.717) is 18.1 Å². The van der Waals surface area contributed by atoms with E-state index in [2.05, 4.69) is 9.47 Å². The molecule has 0 amide bonds. The maximum atomic E-state index is 12.1. The Kier molecular flexibility index (Phi) is 6.70. The molecule has 0 radical (unpaired) electrons. The number of rotatable bonds is 7. The van der Waals surface area contributed by atoms with Gasteiger partial charge in [-0.05, 0) is 61.2 Å². The smallest absolute Gasteiger partial charge is 0.124 e. The minimum atomic E-state index is -1.02. The van der Waals surface area contributed by atoms with Crippen LogP contribution in [0.25, 0.3) is 11.0 Å². The predicted octanol–water partition coefficient (Wildman–Crippen LogP) is 4.83. The third-order valence-electron chi connectivity index (χ3n) is 7.08. The quantitative estimate of drug-likeness (QED) is 0.402.